The van der Waals surface area contributed by atoms with Crippen molar-refractivity contribution in [3.63, 3.8) is 0 Å². The maximum absolute atomic E-state index is 12.2. The van der Waals surface area contributed by atoms with Crippen LogP contribution in [0, 0.1) is 13.8 Å². The van der Waals surface area contributed by atoms with Crippen molar-refractivity contribution in [1.29, 1.82) is 0 Å². The quantitative estimate of drug-likeness (QED) is 0.747. The summed E-state index contributed by atoms with van der Waals surface area (Å²) >= 11 is 0. The summed E-state index contributed by atoms with van der Waals surface area (Å²) in [5.74, 6) is 0.753. The molecule has 0 radical (unpaired) electrons. The number of aromatic nitrogens is 4. The highest BCUT2D eigenvalue weighted by molar-refractivity contribution is 5.90. The highest BCUT2D eigenvalue weighted by atomic mass is 16.5. The number of carbonyl (C=O) groups is 1. The second-order valence-corrected chi connectivity index (χ2v) is 5.79. The maximum Gasteiger partial charge on any atom is 0.224 e. The van der Waals surface area contributed by atoms with E-state index in [1.54, 1.807) is 10.8 Å². The van der Waals surface area contributed by atoms with E-state index in [1.165, 1.54) is 0 Å². The number of nitrogens with zero attached hydrogens (tertiary/aromatic N) is 4. The van der Waals surface area contributed by atoms with E-state index in [2.05, 4.69) is 20.6 Å². The SMILES string of the molecule is CCOc1ccc(NC(=O)CCc2c(C)nn3cnnc3c2C)cc1. The molecule has 1 aromatic carbocycles. The highest BCUT2D eigenvalue weighted by Crippen LogP contribution is 2.19. The topological polar surface area (TPSA) is 81.4 Å². The van der Waals surface area contributed by atoms with Gasteiger partial charge in [-0.1, -0.05) is 0 Å². The van der Waals surface area contributed by atoms with Gasteiger partial charge in [0.15, 0.2) is 5.65 Å². The average molecular weight is 339 g/mol. The van der Waals surface area contributed by atoms with E-state index in [0.29, 0.717) is 19.4 Å². The molecule has 3 aromatic rings. The van der Waals surface area contributed by atoms with Crippen LogP contribution in [0.5, 0.6) is 5.75 Å². The van der Waals surface area contributed by atoms with Crippen molar-refractivity contribution in [2.45, 2.75) is 33.6 Å². The van der Waals surface area contributed by atoms with E-state index in [9.17, 15) is 4.79 Å². The van der Waals surface area contributed by atoms with Crippen LogP contribution in [0.4, 0.5) is 5.69 Å². The Bertz CT molecular complexity index is 886. The van der Waals surface area contributed by atoms with Gasteiger partial charge in [0.2, 0.25) is 5.91 Å². The summed E-state index contributed by atoms with van der Waals surface area (Å²) in [7, 11) is 0. The minimum atomic E-state index is -0.0377. The molecule has 0 spiro atoms. The summed E-state index contributed by atoms with van der Waals surface area (Å²) in [5, 5.41) is 15.3. The van der Waals surface area contributed by atoms with Gasteiger partial charge in [0, 0.05) is 17.7 Å². The molecule has 0 saturated carbocycles. The van der Waals surface area contributed by atoms with E-state index in [0.717, 1.165) is 33.9 Å². The third-order valence-electron chi connectivity index (χ3n) is 4.06. The average Bonchev–Trinajstić information content (AvgIpc) is 3.05. The predicted molar refractivity (Wildman–Crippen MR) is 94.8 cm³/mol. The van der Waals surface area contributed by atoms with Crippen molar-refractivity contribution in [3.8, 4) is 5.75 Å². The Kier molecular flexibility index (Phi) is 4.92. The van der Waals surface area contributed by atoms with Gasteiger partial charge in [-0.3, -0.25) is 4.79 Å². The van der Waals surface area contributed by atoms with Crippen LogP contribution in [0.15, 0.2) is 30.6 Å². The number of carbonyl (C=O) groups excluding carboxylic acids is 1. The first-order valence-electron chi connectivity index (χ1n) is 8.27. The number of hydrogen-bond acceptors (Lipinski definition) is 5. The van der Waals surface area contributed by atoms with Gasteiger partial charge in [-0.05, 0) is 57.0 Å². The van der Waals surface area contributed by atoms with Gasteiger partial charge in [-0.15, -0.1) is 10.2 Å². The van der Waals surface area contributed by atoms with Crippen LogP contribution in [0.2, 0.25) is 0 Å². The van der Waals surface area contributed by atoms with Crippen molar-refractivity contribution in [1.82, 2.24) is 19.8 Å². The minimum Gasteiger partial charge on any atom is -0.494 e. The van der Waals surface area contributed by atoms with Gasteiger partial charge in [0.25, 0.3) is 0 Å². The number of benzene rings is 1. The number of ether oxygens (including phenoxy) is 1. The van der Waals surface area contributed by atoms with Gasteiger partial charge in [0.1, 0.15) is 12.1 Å². The number of fused-ring (bicyclic) bond motifs is 1. The molecule has 0 fully saturated rings. The summed E-state index contributed by atoms with van der Waals surface area (Å²) in [6.07, 6.45) is 2.56. The minimum absolute atomic E-state index is 0.0377. The van der Waals surface area contributed by atoms with Crippen LogP contribution >= 0.6 is 0 Å². The lowest BCUT2D eigenvalue weighted by molar-refractivity contribution is -0.116. The molecule has 2 aromatic heterocycles. The zero-order valence-electron chi connectivity index (χ0n) is 14.6. The first-order valence-corrected chi connectivity index (χ1v) is 8.27. The molecular weight excluding hydrogens is 318 g/mol. The first kappa shape index (κ1) is 16.9. The normalized spacial score (nSPS) is 10.8. The third kappa shape index (κ3) is 3.76. The van der Waals surface area contributed by atoms with Gasteiger partial charge >= 0.3 is 0 Å². The molecule has 0 bridgehead atoms. The molecule has 0 aliphatic rings. The molecular formula is C18H21N5O2. The molecule has 0 saturated heterocycles. The Morgan fingerprint density at radius 3 is 2.72 bits per heavy atom. The molecule has 3 rings (SSSR count). The molecule has 130 valence electrons. The third-order valence-corrected chi connectivity index (χ3v) is 4.06. The predicted octanol–water partition coefficient (Wildman–Crippen LogP) is 2.71. The van der Waals surface area contributed by atoms with Gasteiger partial charge in [-0.2, -0.15) is 5.10 Å². The lowest BCUT2D eigenvalue weighted by atomic mass is 10.0. The summed E-state index contributed by atoms with van der Waals surface area (Å²) < 4.78 is 7.05. The number of nitrogens with one attached hydrogen (secondary N) is 1. The van der Waals surface area contributed by atoms with E-state index < -0.39 is 0 Å². The number of aryl methyl sites for hydroxylation is 2. The summed E-state index contributed by atoms with van der Waals surface area (Å²) in [6.45, 7) is 6.48. The van der Waals surface area contributed by atoms with E-state index in [-0.39, 0.29) is 5.91 Å². The highest BCUT2D eigenvalue weighted by Gasteiger charge is 2.13. The van der Waals surface area contributed by atoms with Crippen molar-refractivity contribution in [2.24, 2.45) is 0 Å². The molecule has 2 heterocycles. The largest absolute Gasteiger partial charge is 0.494 e. The number of hydrogen-bond donors (Lipinski definition) is 1. The molecule has 0 unspecified atom stereocenters. The summed E-state index contributed by atoms with van der Waals surface area (Å²) in [4.78, 5) is 12.2. The number of amides is 1. The molecule has 7 heteroatoms. The Balaban J connectivity index is 1.64. The maximum atomic E-state index is 12.2. The Labute approximate surface area is 146 Å². The van der Waals surface area contributed by atoms with Crippen LogP contribution in [0.1, 0.15) is 30.2 Å². The molecule has 0 aliphatic heterocycles. The summed E-state index contributed by atoms with van der Waals surface area (Å²) in [6, 6.07) is 7.36. The lowest BCUT2D eigenvalue weighted by Gasteiger charge is -2.10. The van der Waals surface area contributed by atoms with Crippen LogP contribution in [-0.2, 0) is 11.2 Å². The first-order chi connectivity index (χ1) is 12.1. The monoisotopic (exact) mass is 339 g/mol. The number of anilines is 1. The second-order valence-electron chi connectivity index (χ2n) is 5.79. The fourth-order valence-electron chi connectivity index (χ4n) is 2.81. The molecule has 0 atom stereocenters. The molecule has 1 amide bonds. The Morgan fingerprint density at radius 2 is 2.00 bits per heavy atom. The van der Waals surface area contributed by atoms with Crippen LogP contribution < -0.4 is 10.1 Å². The smallest absolute Gasteiger partial charge is 0.224 e. The van der Waals surface area contributed by atoms with Gasteiger partial charge < -0.3 is 10.1 Å². The standard InChI is InChI=1S/C18H21N5O2/c1-4-25-15-7-5-14(6-8-15)20-17(24)10-9-16-12(2)18-21-19-11-23(18)22-13(16)3/h5-8,11H,4,9-10H2,1-3H3,(H,20,24). The van der Waals surface area contributed by atoms with E-state index >= 15 is 0 Å². The molecule has 0 aliphatic carbocycles. The van der Waals surface area contributed by atoms with Crippen LogP contribution in [0.3, 0.4) is 0 Å². The zero-order chi connectivity index (χ0) is 17.8. The van der Waals surface area contributed by atoms with Crippen molar-refractivity contribution < 1.29 is 9.53 Å². The fourth-order valence-corrected chi connectivity index (χ4v) is 2.81. The van der Waals surface area contributed by atoms with Crippen LogP contribution in [-0.4, -0.2) is 32.3 Å². The Hall–Kier alpha value is -2.96. The van der Waals surface area contributed by atoms with Crippen molar-refractivity contribution >= 4 is 17.2 Å². The number of rotatable bonds is 6. The molecule has 25 heavy (non-hydrogen) atoms. The van der Waals surface area contributed by atoms with Crippen molar-refractivity contribution in [2.75, 3.05) is 11.9 Å². The zero-order valence-corrected chi connectivity index (χ0v) is 14.6. The summed E-state index contributed by atoms with van der Waals surface area (Å²) in [5.41, 5.74) is 4.43. The van der Waals surface area contributed by atoms with Crippen molar-refractivity contribution in [3.05, 3.63) is 47.4 Å². The second kappa shape index (κ2) is 7.29. The van der Waals surface area contributed by atoms with Gasteiger partial charge in [-0.25, -0.2) is 4.52 Å². The van der Waals surface area contributed by atoms with Gasteiger partial charge in [0.05, 0.1) is 12.3 Å². The van der Waals surface area contributed by atoms with E-state index in [4.69, 9.17) is 4.74 Å². The fraction of sp³-hybridized carbons (Fsp3) is 0.333. The molecule has 7 nitrogen and oxygen atoms in total. The Morgan fingerprint density at radius 1 is 1.24 bits per heavy atom. The molecule has 1 N–H and O–H groups in total. The van der Waals surface area contributed by atoms with E-state index in [1.807, 2.05) is 45.0 Å². The van der Waals surface area contributed by atoms with Crippen LogP contribution in [0.25, 0.3) is 5.65 Å². The lowest BCUT2D eigenvalue weighted by Crippen LogP contribution is -2.14.